The molecule has 0 saturated carbocycles. The number of rotatable bonds is 5. The smallest absolute Gasteiger partial charge is 0.267 e. The van der Waals surface area contributed by atoms with E-state index in [1.165, 1.54) is 13.3 Å². The summed E-state index contributed by atoms with van der Waals surface area (Å²) in [5.41, 5.74) is 1.26. The molecule has 26 heavy (non-hydrogen) atoms. The van der Waals surface area contributed by atoms with Crippen molar-refractivity contribution in [3.63, 3.8) is 0 Å². The number of ether oxygens (including phenoxy) is 1. The summed E-state index contributed by atoms with van der Waals surface area (Å²) in [7, 11) is 1.52. The first-order chi connectivity index (χ1) is 12.7. The number of carbonyl (C=O) groups excluding carboxylic acids is 1. The maximum atomic E-state index is 12.3. The number of benzene rings is 3. The van der Waals surface area contributed by atoms with Crippen LogP contribution in [0.2, 0.25) is 0 Å². The van der Waals surface area contributed by atoms with Crippen LogP contribution in [0.5, 0.6) is 5.75 Å². The van der Waals surface area contributed by atoms with Crippen LogP contribution in [0.4, 0.5) is 11.4 Å². The molecule has 5 heteroatoms. The summed E-state index contributed by atoms with van der Waals surface area (Å²) in [5.74, 6) is 0.0194. The summed E-state index contributed by atoms with van der Waals surface area (Å²) >= 11 is 0. The maximum Gasteiger partial charge on any atom is 0.267 e. The van der Waals surface area contributed by atoms with Gasteiger partial charge in [-0.1, -0.05) is 42.5 Å². The Morgan fingerprint density at radius 3 is 2.54 bits per heavy atom. The normalized spacial score (nSPS) is 10.8. The summed E-state index contributed by atoms with van der Waals surface area (Å²) in [6.07, 6.45) is 1.40. The Labute approximate surface area is 151 Å². The molecule has 3 aromatic rings. The van der Waals surface area contributed by atoms with Gasteiger partial charge in [0.2, 0.25) is 0 Å². The third-order valence-electron chi connectivity index (χ3n) is 3.85. The third-order valence-corrected chi connectivity index (χ3v) is 3.85. The first-order valence-corrected chi connectivity index (χ1v) is 8.01. The van der Waals surface area contributed by atoms with Crippen molar-refractivity contribution >= 4 is 28.1 Å². The third kappa shape index (κ3) is 3.82. The number of nitrogens with one attached hydrogen (secondary N) is 2. The van der Waals surface area contributed by atoms with E-state index < -0.39 is 5.91 Å². The van der Waals surface area contributed by atoms with Gasteiger partial charge in [0.05, 0.1) is 12.8 Å². The second-order valence-corrected chi connectivity index (χ2v) is 5.53. The van der Waals surface area contributed by atoms with E-state index in [1.807, 2.05) is 48.5 Å². The van der Waals surface area contributed by atoms with Crippen molar-refractivity contribution in [2.45, 2.75) is 0 Å². The lowest BCUT2D eigenvalue weighted by molar-refractivity contribution is -0.112. The molecule has 0 fully saturated rings. The predicted molar refractivity (Wildman–Crippen MR) is 103 cm³/mol. The molecule has 3 aromatic carbocycles. The Kier molecular flexibility index (Phi) is 5.16. The minimum Gasteiger partial charge on any atom is -0.495 e. The fraction of sp³-hybridized carbons (Fsp3) is 0.0476. The molecule has 0 aromatic heterocycles. The zero-order valence-electron chi connectivity index (χ0n) is 14.2. The zero-order valence-corrected chi connectivity index (χ0v) is 14.2. The first kappa shape index (κ1) is 17.1. The minimum atomic E-state index is -0.509. The fourth-order valence-corrected chi connectivity index (χ4v) is 2.52. The molecule has 0 aliphatic rings. The van der Waals surface area contributed by atoms with Crippen LogP contribution in [-0.2, 0) is 4.79 Å². The van der Waals surface area contributed by atoms with Crippen molar-refractivity contribution < 1.29 is 9.53 Å². The van der Waals surface area contributed by atoms with Crippen LogP contribution in [0.25, 0.3) is 10.8 Å². The van der Waals surface area contributed by atoms with E-state index >= 15 is 0 Å². The molecule has 0 aliphatic heterocycles. The highest BCUT2D eigenvalue weighted by Gasteiger charge is 2.11. The highest BCUT2D eigenvalue weighted by Crippen LogP contribution is 2.23. The van der Waals surface area contributed by atoms with Crippen LogP contribution in [0.1, 0.15) is 0 Å². The molecule has 128 valence electrons. The molecule has 0 spiro atoms. The van der Waals surface area contributed by atoms with Crippen LogP contribution >= 0.6 is 0 Å². The second-order valence-electron chi connectivity index (χ2n) is 5.53. The molecule has 1 amide bonds. The maximum absolute atomic E-state index is 12.3. The van der Waals surface area contributed by atoms with Crippen molar-refractivity contribution in [1.29, 1.82) is 5.26 Å². The number of carbonyl (C=O) groups is 1. The van der Waals surface area contributed by atoms with Gasteiger partial charge in [-0.2, -0.15) is 5.26 Å². The Bertz CT molecular complexity index is 1020. The minimum absolute atomic E-state index is 0.0379. The van der Waals surface area contributed by atoms with Crippen LogP contribution in [0.15, 0.2) is 78.5 Å². The van der Waals surface area contributed by atoms with Gasteiger partial charge in [-0.05, 0) is 35.0 Å². The summed E-state index contributed by atoms with van der Waals surface area (Å²) < 4.78 is 5.20. The Morgan fingerprint density at radius 1 is 1.04 bits per heavy atom. The Hall–Kier alpha value is -3.78. The molecule has 5 nitrogen and oxygen atoms in total. The van der Waals surface area contributed by atoms with E-state index in [9.17, 15) is 10.1 Å². The highest BCUT2D eigenvalue weighted by atomic mass is 16.5. The lowest BCUT2D eigenvalue weighted by Crippen LogP contribution is -2.15. The van der Waals surface area contributed by atoms with E-state index in [2.05, 4.69) is 10.6 Å². The largest absolute Gasteiger partial charge is 0.495 e. The second kappa shape index (κ2) is 7.86. The number of nitrogens with zero attached hydrogens (tertiary/aromatic N) is 1. The van der Waals surface area contributed by atoms with Crippen LogP contribution < -0.4 is 15.4 Å². The number of anilines is 2. The van der Waals surface area contributed by atoms with Gasteiger partial charge < -0.3 is 15.4 Å². The van der Waals surface area contributed by atoms with Crippen molar-refractivity contribution in [2.24, 2.45) is 0 Å². The van der Waals surface area contributed by atoms with Crippen molar-refractivity contribution in [3.8, 4) is 11.8 Å². The Balaban J connectivity index is 1.76. The number of para-hydroxylation sites is 2. The average Bonchev–Trinajstić information content (AvgIpc) is 2.68. The molecular formula is C21H17N3O2. The quantitative estimate of drug-likeness (QED) is 0.535. The van der Waals surface area contributed by atoms with Gasteiger partial charge in [-0.3, -0.25) is 4.79 Å². The topological polar surface area (TPSA) is 74.1 Å². The zero-order chi connectivity index (χ0) is 18.4. The summed E-state index contributed by atoms with van der Waals surface area (Å²) in [6, 6.07) is 22.7. The van der Waals surface area contributed by atoms with E-state index in [0.717, 1.165) is 16.5 Å². The van der Waals surface area contributed by atoms with Gasteiger partial charge in [-0.15, -0.1) is 0 Å². The van der Waals surface area contributed by atoms with Gasteiger partial charge in [0.25, 0.3) is 5.91 Å². The average molecular weight is 343 g/mol. The molecule has 3 rings (SSSR count). The number of nitriles is 1. The SMILES string of the molecule is COc1ccccc1NC(=O)/C(C#N)=C\Nc1ccc2ccccc2c1. The van der Waals surface area contributed by atoms with E-state index in [0.29, 0.717) is 11.4 Å². The lowest BCUT2D eigenvalue weighted by atomic mass is 10.1. The van der Waals surface area contributed by atoms with Crippen LogP contribution in [0.3, 0.4) is 0 Å². The molecule has 0 unspecified atom stereocenters. The number of hydrogen-bond donors (Lipinski definition) is 2. The highest BCUT2D eigenvalue weighted by molar-refractivity contribution is 6.07. The van der Waals surface area contributed by atoms with Crippen LogP contribution in [-0.4, -0.2) is 13.0 Å². The molecule has 0 saturated heterocycles. The van der Waals surface area contributed by atoms with Gasteiger partial charge in [-0.25, -0.2) is 0 Å². The lowest BCUT2D eigenvalue weighted by Gasteiger charge is -2.09. The molecule has 0 bridgehead atoms. The van der Waals surface area contributed by atoms with Gasteiger partial charge in [0.15, 0.2) is 0 Å². The number of fused-ring (bicyclic) bond motifs is 1. The standard InChI is InChI=1S/C21H17N3O2/c1-26-20-9-5-4-8-19(20)24-21(25)17(13-22)14-23-18-11-10-15-6-2-3-7-16(15)12-18/h2-12,14,23H,1H3,(H,24,25)/b17-14-. The summed E-state index contributed by atoms with van der Waals surface area (Å²) in [6.45, 7) is 0. The number of amides is 1. The monoisotopic (exact) mass is 343 g/mol. The molecule has 0 radical (unpaired) electrons. The van der Waals surface area contributed by atoms with E-state index in [1.54, 1.807) is 24.3 Å². The van der Waals surface area contributed by atoms with Crippen molar-refractivity contribution in [2.75, 3.05) is 17.7 Å². The van der Waals surface area contributed by atoms with Crippen molar-refractivity contribution in [1.82, 2.24) is 0 Å². The molecule has 0 aliphatic carbocycles. The van der Waals surface area contributed by atoms with Gasteiger partial charge in [0.1, 0.15) is 17.4 Å². The molecular weight excluding hydrogens is 326 g/mol. The summed E-state index contributed by atoms with van der Waals surface area (Å²) in [5, 5.41) is 17.2. The van der Waals surface area contributed by atoms with Gasteiger partial charge in [0, 0.05) is 11.9 Å². The number of methoxy groups -OCH3 is 1. The van der Waals surface area contributed by atoms with Crippen LogP contribution in [0, 0.1) is 11.3 Å². The molecule has 0 heterocycles. The predicted octanol–water partition coefficient (Wildman–Crippen LogP) is 4.31. The first-order valence-electron chi connectivity index (χ1n) is 8.01. The summed E-state index contributed by atoms with van der Waals surface area (Å²) in [4.78, 5) is 12.3. The molecule has 2 N–H and O–H groups in total. The molecule has 0 atom stereocenters. The Morgan fingerprint density at radius 2 is 1.77 bits per heavy atom. The van der Waals surface area contributed by atoms with Gasteiger partial charge >= 0.3 is 0 Å². The van der Waals surface area contributed by atoms with E-state index in [4.69, 9.17) is 4.74 Å². The fourth-order valence-electron chi connectivity index (χ4n) is 2.52. The van der Waals surface area contributed by atoms with E-state index in [-0.39, 0.29) is 5.57 Å². The number of hydrogen-bond acceptors (Lipinski definition) is 4. The van der Waals surface area contributed by atoms with Crippen molar-refractivity contribution in [3.05, 3.63) is 78.5 Å².